The summed E-state index contributed by atoms with van der Waals surface area (Å²) in [7, 11) is 0. The van der Waals surface area contributed by atoms with Crippen LogP contribution in [0.4, 0.5) is 5.69 Å². The lowest BCUT2D eigenvalue weighted by atomic mass is 9.74. The van der Waals surface area contributed by atoms with Gasteiger partial charge in [0.15, 0.2) is 0 Å². The summed E-state index contributed by atoms with van der Waals surface area (Å²) in [4.78, 5) is 12.8. The number of para-hydroxylation sites is 1. The van der Waals surface area contributed by atoms with E-state index >= 15 is 0 Å². The third-order valence-electron chi connectivity index (χ3n) is 5.76. The number of rotatable bonds is 7. The second-order valence-electron chi connectivity index (χ2n) is 7.63. The van der Waals surface area contributed by atoms with Crippen LogP contribution in [0.3, 0.4) is 0 Å². The zero-order valence-corrected chi connectivity index (χ0v) is 18.3. The molecular formula is C24H26ClN3O3. The van der Waals surface area contributed by atoms with E-state index in [0.29, 0.717) is 37.7 Å². The molecule has 0 radical (unpaired) electrons. The predicted molar refractivity (Wildman–Crippen MR) is 123 cm³/mol. The summed E-state index contributed by atoms with van der Waals surface area (Å²) in [6, 6.07) is 17.5. The zero-order chi connectivity index (χ0) is 21.7. The van der Waals surface area contributed by atoms with Crippen LogP contribution in [-0.4, -0.2) is 36.1 Å². The Kier molecular flexibility index (Phi) is 6.59. The van der Waals surface area contributed by atoms with Crippen molar-refractivity contribution >= 4 is 17.3 Å². The average molecular weight is 440 g/mol. The second kappa shape index (κ2) is 9.54. The first kappa shape index (κ1) is 21.4. The van der Waals surface area contributed by atoms with E-state index in [4.69, 9.17) is 21.1 Å². The molecule has 6 nitrogen and oxygen atoms in total. The van der Waals surface area contributed by atoms with Crippen molar-refractivity contribution in [2.24, 2.45) is 0 Å². The van der Waals surface area contributed by atoms with Gasteiger partial charge in [-0.2, -0.15) is 9.78 Å². The minimum atomic E-state index is -0.347. The molecule has 3 aromatic rings. The summed E-state index contributed by atoms with van der Waals surface area (Å²) >= 11 is 6.44. The van der Waals surface area contributed by atoms with Crippen molar-refractivity contribution in [3.05, 3.63) is 81.7 Å². The largest absolute Gasteiger partial charge is 0.494 e. The molecule has 0 spiro atoms. The van der Waals surface area contributed by atoms with Gasteiger partial charge in [-0.25, -0.2) is 0 Å². The maximum Gasteiger partial charge on any atom is 0.292 e. The van der Waals surface area contributed by atoms with Crippen molar-refractivity contribution in [1.82, 2.24) is 9.78 Å². The van der Waals surface area contributed by atoms with Gasteiger partial charge in [0.05, 0.1) is 24.2 Å². The minimum absolute atomic E-state index is 0.124. The van der Waals surface area contributed by atoms with Crippen molar-refractivity contribution in [3.8, 4) is 11.4 Å². The summed E-state index contributed by atoms with van der Waals surface area (Å²) in [6.07, 6.45) is 3.36. The monoisotopic (exact) mass is 439 g/mol. The van der Waals surface area contributed by atoms with Crippen LogP contribution in [-0.2, 0) is 10.2 Å². The molecule has 0 atom stereocenters. The van der Waals surface area contributed by atoms with E-state index < -0.39 is 0 Å². The van der Waals surface area contributed by atoms with E-state index in [0.717, 1.165) is 18.6 Å². The molecule has 2 aromatic carbocycles. The third-order valence-corrected chi connectivity index (χ3v) is 6.13. The molecule has 1 aromatic heterocycles. The van der Waals surface area contributed by atoms with Gasteiger partial charge in [0, 0.05) is 25.2 Å². The highest BCUT2D eigenvalue weighted by Crippen LogP contribution is 2.36. The first-order valence-corrected chi connectivity index (χ1v) is 10.9. The Balaban J connectivity index is 1.58. The molecule has 0 amide bonds. The maximum atomic E-state index is 12.8. The molecule has 0 bridgehead atoms. The molecule has 0 aliphatic carbocycles. The molecule has 1 aliphatic rings. The summed E-state index contributed by atoms with van der Waals surface area (Å²) in [5.41, 5.74) is 1.96. The summed E-state index contributed by atoms with van der Waals surface area (Å²) in [6.45, 7) is 4.62. The molecule has 162 valence electrons. The molecule has 1 N–H and O–H groups in total. The van der Waals surface area contributed by atoms with Gasteiger partial charge < -0.3 is 14.8 Å². The quantitative estimate of drug-likeness (QED) is 0.589. The fraction of sp³-hybridized carbons (Fsp3) is 0.333. The van der Waals surface area contributed by atoms with E-state index in [-0.39, 0.29) is 16.0 Å². The van der Waals surface area contributed by atoms with Crippen molar-refractivity contribution in [3.63, 3.8) is 0 Å². The van der Waals surface area contributed by atoms with Crippen LogP contribution in [0.5, 0.6) is 5.75 Å². The van der Waals surface area contributed by atoms with Gasteiger partial charge in [-0.15, -0.1) is 0 Å². The van der Waals surface area contributed by atoms with Crippen LogP contribution < -0.4 is 15.6 Å². The third kappa shape index (κ3) is 4.60. The zero-order valence-electron chi connectivity index (χ0n) is 17.5. The fourth-order valence-corrected chi connectivity index (χ4v) is 4.17. The highest BCUT2D eigenvalue weighted by atomic mass is 35.5. The summed E-state index contributed by atoms with van der Waals surface area (Å²) < 4.78 is 12.5. The molecule has 2 heterocycles. The van der Waals surface area contributed by atoms with Gasteiger partial charge in [0.1, 0.15) is 10.8 Å². The number of benzene rings is 2. The van der Waals surface area contributed by atoms with Crippen LogP contribution in [0.25, 0.3) is 5.69 Å². The number of anilines is 1. The number of hydrogen-bond acceptors (Lipinski definition) is 5. The van der Waals surface area contributed by atoms with Crippen LogP contribution >= 0.6 is 11.6 Å². The molecule has 1 aliphatic heterocycles. The number of aromatic nitrogens is 2. The maximum absolute atomic E-state index is 12.8. The lowest BCUT2D eigenvalue weighted by Gasteiger charge is -2.38. The van der Waals surface area contributed by atoms with Gasteiger partial charge in [-0.3, -0.25) is 4.79 Å². The molecule has 4 rings (SSSR count). The number of ether oxygens (including phenoxy) is 2. The Hall–Kier alpha value is -2.83. The van der Waals surface area contributed by atoms with Gasteiger partial charge in [0.25, 0.3) is 5.56 Å². The van der Waals surface area contributed by atoms with E-state index in [9.17, 15) is 4.79 Å². The van der Waals surface area contributed by atoms with Gasteiger partial charge in [0.2, 0.25) is 0 Å². The van der Waals surface area contributed by atoms with Crippen molar-refractivity contribution in [2.75, 3.05) is 31.7 Å². The SMILES string of the molecule is CCOc1ccc(C2(CNc3cnn(-c4ccccc4)c(=O)c3Cl)CCOCC2)cc1. The molecule has 1 saturated heterocycles. The Morgan fingerprint density at radius 2 is 1.84 bits per heavy atom. The number of hydrogen-bond donors (Lipinski definition) is 1. The van der Waals surface area contributed by atoms with E-state index in [1.165, 1.54) is 10.2 Å². The number of nitrogens with one attached hydrogen (secondary N) is 1. The number of nitrogens with zero attached hydrogens (tertiary/aromatic N) is 2. The van der Waals surface area contributed by atoms with Gasteiger partial charge in [-0.1, -0.05) is 41.9 Å². The molecule has 1 fully saturated rings. The normalized spacial score (nSPS) is 15.4. The molecule has 7 heteroatoms. The molecular weight excluding hydrogens is 414 g/mol. The Morgan fingerprint density at radius 3 is 2.52 bits per heavy atom. The topological polar surface area (TPSA) is 65.4 Å². The highest BCUT2D eigenvalue weighted by molar-refractivity contribution is 6.32. The standard InChI is InChI=1S/C24H26ClN3O3/c1-2-31-20-10-8-18(9-11-20)24(12-14-30-15-13-24)17-26-21-16-27-28(23(29)22(21)25)19-6-4-3-5-7-19/h3-11,16,26H,2,12-15,17H2,1H3. The second-order valence-corrected chi connectivity index (χ2v) is 8.01. The van der Waals surface area contributed by atoms with Crippen LogP contribution in [0, 0.1) is 0 Å². The Morgan fingerprint density at radius 1 is 1.13 bits per heavy atom. The van der Waals surface area contributed by atoms with Crippen LogP contribution in [0.1, 0.15) is 25.3 Å². The van der Waals surface area contributed by atoms with Gasteiger partial charge >= 0.3 is 0 Å². The van der Waals surface area contributed by atoms with E-state index in [2.05, 4.69) is 22.5 Å². The van der Waals surface area contributed by atoms with E-state index in [1.807, 2.05) is 49.4 Å². The summed E-state index contributed by atoms with van der Waals surface area (Å²) in [5, 5.41) is 7.84. The first-order chi connectivity index (χ1) is 15.1. The lowest BCUT2D eigenvalue weighted by Crippen LogP contribution is -2.40. The number of halogens is 1. The van der Waals surface area contributed by atoms with Gasteiger partial charge in [-0.05, 0) is 49.6 Å². The van der Waals surface area contributed by atoms with Crippen molar-refractivity contribution in [2.45, 2.75) is 25.2 Å². The predicted octanol–water partition coefficient (Wildman–Crippen LogP) is 4.44. The van der Waals surface area contributed by atoms with Crippen LogP contribution in [0.15, 0.2) is 65.6 Å². The Labute approximate surface area is 186 Å². The highest BCUT2D eigenvalue weighted by Gasteiger charge is 2.34. The van der Waals surface area contributed by atoms with Crippen molar-refractivity contribution in [1.29, 1.82) is 0 Å². The summed E-state index contributed by atoms with van der Waals surface area (Å²) in [5.74, 6) is 0.859. The first-order valence-electron chi connectivity index (χ1n) is 10.5. The lowest BCUT2D eigenvalue weighted by molar-refractivity contribution is 0.0544. The minimum Gasteiger partial charge on any atom is -0.494 e. The molecule has 0 unspecified atom stereocenters. The smallest absolute Gasteiger partial charge is 0.292 e. The average Bonchev–Trinajstić information content (AvgIpc) is 2.82. The fourth-order valence-electron chi connectivity index (χ4n) is 3.97. The van der Waals surface area contributed by atoms with Crippen LogP contribution in [0.2, 0.25) is 5.02 Å². The van der Waals surface area contributed by atoms with Crippen molar-refractivity contribution < 1.29 is 9.47 Å². The van der Waals surface area contributed by atoms with E-state index in [1.54, 1.807) is 6.20 Å². The Bertz CT molecular complexity index is 1060. The molecule has 31 heavy (non-hydrogen) atoms. The molecule has 0 saturated carbocycles.